The Labute approximate surface area is 157 Å². The molecule has 0 spiro atoms. The highest BCUT2D eigenvalue weighted by atomic mass is 16.5. The summed E-state index contributed by atoms with van der Waals surface area (Å²) in [7, 11) is 1.64. The van der Waals surface area contributed by atoms with Gasteiger partial charge in [-0.2, -0.15) is 10.1 Å². The summed E-state index contributed by atoms with van der Waals surface area (Å²) in [6.45, 7) is 8.31. The molecule has 1 aliphatic heterocycles. The Hall–Kier alpha value is -2.52. The molecule has 144 valence electrons. The fourth-order valence-electron chi connectivity index (χ4n) is 3.41. The smallest absolute Gasteiger partial charge is 0.240 e. The number of aryl methyl sites for hydroxylation is 1. The van der Waals surface area contributed by atoms with Crippen LogP contribution in [0.25, 0.3) is 5.52 Å². The third-order valence-corrected chi connectivity index (χ3v) is 4.94. The van der Waals surface area contributed by atoms with Crippen LogP contribution in [0.4, 0.5) is 5.82 Å². The molecule has 4 heterocycles. The molecule has 1 atom stereocenters. The van der Waals surface area contributed by atoms with Gasteiger partial charge in [-0.25, -0.2) is 9.50 Å². The molecule has 4 rings (SSSR count). The lowest BCUT2D eigenvalue weighted by Crippen LogP contribution is -2.31. The summed E-state index contributed by atoms with van der Waals surface area (Å²) in [5, 5.41) is 8.50. The predicted octanol–water partition coefficient (Wildman–Crippen LogP) is 1.84. The molecule has 0 aliphatic carbocycles. The summed E-state index contributed by atoms with van der Waals surface area (Å²) < 4.78 is 12.5. The van der Waals surface area contributed by atoms with Crippen LogP contribution >= 0.6 is 0 Å². The van der Waals surface area contributed by atoms with E-state index in [2.05, 4.69) is 36.1 Å². The maximum atomic E-state index is 5.38. The van der Waals surface area contributed by atoms with Gasteiger partial charge in [0.15, 0.2) is 11.6 Å². The third-order valence-electron chi connectivity index (χ3n) is 4.94. The molecule has 0 N–H and O–H groups in total. The lowest BCUT2D eigenvalue weighted by molar-refractivity contribution is 0.109. The van der Waals surface area contributed by atoms with Crippen molar-refractivity contribution in [3.05, 3.63) is 35.9 Å². The molecule has 0 bridgehead atoms. The predicted molar refractivity (Wildman–Crippen MR) is 99.6 cm³/mol. The van der Waals surface area contributed by atoms with Crippen LogP contribution in [0.2, 0.25) is 0 Å². The highest BCUT2D eigenvalue weighted by molar-refractivity contribution is 5.69. The van der Waals surface area contributed by atoms with E-state index in [0.717, 1.165) is 49.6 Å². The van der Waals surface area contributed by atoms with E-state index in [1.807, 2.05) is 30.8 Å². The Bertz CT molecular complexity index is 906. The lowest BCUT2D eigenvalue weighted by atomic mass is 10.3. The topological polar surface area (TPSA) is 84.8 Å². The molecule has 0 amide bonds. The van der Waals surface area contributed by atoms with E-state index < -0.39 is 0 Å². The number of rotatable bonds is 5. The van der Waals surface area contributed by atoms with Crippen molar-refractivity contribution in [2.75, 3.05) is 38.2 Å². The molecule has 3 aromatic rings. The van der Waals surface area contributed by atoms with E-state index in [1.165, 1.54) is 0 Å². The summed E-state index contributed by atoms with van der Waals surface area (Å²) in [5.74, 6) is 2.22. The van der Waals surface area contributed by atoms with Crippen molar-refractivity contribution < 1.29 is 9.26 Å². The fraction of sp³-hybridized carbons (Fsp3) is 0.556. The van der Waals surface area contributed by atoms with Gasteiger partial charge < -0.3 is 14.2 Å². The maximum absolute atomic E-state index is 5.38. The summed E-state index contributed by atoms with van der Waals surface area (Å²) in [6, 6.07) is 2.09. The van der Waals surface area contributed by atoms with Crippen molar-refractivity contribution in [1.82, 2.24) is 29.6 Å². The summed E-state index contributed by atoms with van der Waals surface area (Å²) in [6.07, 6.45) is 4.59. The maximum Gasteiger partial charge on any atom is 0.240 e. The second kappa shape index (κ2) is 7.61. The van der Waals surface area contributed by atoms with Crippen molar-refractivity contribution in [3.63, 3.8) is 0 Å². The minimum atomic E-state index is -0.159. The number of anilines is 1. The first kappa shape index (κ1) is 17.9. The van der Waals surface area contributed by atoms with Crippen molar-refractivity contribution >= 4 is 11.3 Å². The van der Waals surface area contributed by atoms with Gasteiger partial charge in [-0.3, -0.25) is 4.90 Å². The molecular weight excluding hydrogens is 346 g/mol. The number of hydrogen-bond acceptors (Lipinski definition) is 8. The zero-order chi connectivity index (χ0) is 18.8. The summed E-state index contributed by atoms with van der Waals surface area (Å²) in [4.78, 5) is 13.7. The Balaban J connectivity index is 1.43. The summed E-state index contributed by atoms with van der Waals surface area (Å²) >= 11 is 0. The van der Waals surface area contributed by atoms with Gasteiger partial charge in [-0.1, -0.05) is 5.16 Å². The monoisotopic (exact) mass is 371 g/mol. The van der Waals surface area contributed by atoms with Crippen LogP contribution in [0.15, 0.2) is 23.0 Å². The molecule has 0 radical (unpaired) electrons. The van der Waals surface area contributed by atoms with Crippen molar-refractivity contribution in [2.45, 2.75) is 32.9 Å². The summed E-state index contributed by atoms with van der Waals surface area (Å²) in [5.41, 5.74) is 2.05. The quantitative estimate of drug-likeness (QED) is 0.672. The van der Waals surface area contributed by atoms with E-state index >= 15 is 0 Å². The standard InChI is InChI=1S/C18H25N7O2/c1-13-11-15-18(19-5-8-25(15)21-13)24-7-4-6-23(9-10-24)12-16-20-17(22-27-16)14(2)26-3/h5,8,11,14H,4,6-7,9-10,12H2,1-3H3. The first-order valence-electron chi connectivity index (χ1n) is 9.27. The van der Waals surface area contributed by atoms with Crippen molar-refractivity contribution in [1.29, 1.82) is 0 Å². The second-order valence-electron chi connectivity index (χ2n) is 6.91. The zero-order valence-corrected chi connectivity index (χ0v) is 16.0. The average Bonchev–Trinajstić information content (AvgIpc) is 3.21. The third kappa shape index (κ3) is 3.79. The first-order chi connectivity index (χ1) is 13.1. The Kier molecular flexibility index (Phi) is 5.04. The molecule has 1 saturated heterocycles. The van der Waals surface area contributed by atoms with E-state index in [1.54, 1.807) is 7.11 Å². The van der Waals surface area contributed by atoms with Gasteiger partial charge in [0, 0.05) is 45.7 Å². The van der Waals surface area contributed by atoms with Crippen molar-refractivity contribution in [2.24, 2.45) is 0 Å². The number of fused-ring (bicyclic) bond motifs is 1. The molecule has 1 aliphatic rings. The van der Waals surface area contributed by atoms with Gasteiger partial charge in [0.2, 0.25) is 5.89 Å². The number of methoxy groups -OCH3 is 1. The number of hydrogen-bond donors (Lipinski definition) is 0. The van der Waals surface area contributed by atoms with Gasteiger partial charge in [0.05, 0.1) is 12.2 Å². The molecule has 9 heteroatoms. The van der Waals surface area contributed by atoms with Gasteiger partial charge in [-0.05, 0) is 26.3 Å². The molecule has 27 heavy (non-hydrogen) atoms. The van der Waals surface area contributed by atoms with Gasteiger partial charge in [-0.15, -0.1) is 0 Å². The number of nitrogens with zero attached hydrogens (tertiary/aromatic N) is 7. The van der Waals surface area contributed by atoms with Crippen LogP contribution in [0, 0.1) is 6.92 Å². The number of aromatic nitrogens is 5. The Morgan fingerprint density at radius 2 is 2.15 bits per heavy atom. The Morgan fingerprint density at radius 3 is 3.00 bits per heavy atom. The van der Waals surface area contributed by atoms with Crippen LogP contribution in [0.5, 0.6) is 0 Å². The van der Waals surface area contributed by atoms with Gasteiger partial charge in [0.25, 0.3) is 0 Å². The fourth-order valence-corrected chi connectivity index (χ4v) is 3.41. The van der Waals surface area contributed by atoms with E-state index in [-0.39, 0.29) is 6.10 Å². The van der Waals surface area contributed by atoms with Crippen LogP contribution in [-0.4, -0.2) is 62.9 Å². The van der Waals surface area contributed by atoms with Gasteiger partial charge >= 0.3 is 0 Å². The van der Waals surface area contributed by atoms with Crippen LogP contribution < -0.4 is 4.90 Å². The SMILES string of the molecule is COC(C)c1noc(CN2CCCN(c3nccn4nc(C)cc34)CC2)n1. The van der Waals surface area contributed by atoms with E-state index in [0.29, 0.717) is 18.3 Å². The van der Waals surface area contributed by atoms with Gasteiger partial charge in [0.1, 0.15) is 11.6 Å². The minimum Gasteiger partial charge on any atom is -0.374 e. The normalized spacial score (nSPS) is 17.4. The molecule has 3 aromatic heterocycles. The lowest BCUT2D eigenvalue weighted by Gasteiger charge is -2.22. The van der Waals surface area contributed by atoms with Crippen molar-refractivity contribution in [3.8, 4) is 0 Å². The van der Waals surface area contributed by atoms with Crippen LogP contribution in [0.1, 0.15) is 36.9 Å². The average molecular weight is 371 g/mol. The first-order valence-corrected chi connectivity index (χ1v) is 9.27. The molecular formula is C18H25N7O2. The number of ether oxygens (including phenoxy) is 1. The zero-order valence-electron chi connectivity index (χ0n) is 16.0. The molecule has 9 nitrogen and oxygen atoms in total. The highest BCUT2D eigenvalue weighted by Gasteiger charge is 2.21. The molecule has 0 saturated carbocycles. The molecule has 1 unspecified atom stereocenters. The highest BCUT2D eigenvalue weighted by Crippen LogP contribution is 2.21. The molecule has 1 fully saturated rings. The van der Waals surface area contributed by atoms with Crippen LogP contribution in [0.3, 0.4) is 0 Å². The molecule has 0 aromatic carbocycles. The van der Waals surface area contributed by atoms with E-state index in [4.69, 9.17) is 9.26 Å². The minimum absolute atomic E-state index is 0.159. The largest absolute Gasteiger partial charge is 0.374 e. The Morgan fingerprint density at radius 1 is 1.26 bits per heavy atom. The van der Waals surface area contributed by atoms with E-state index in [9.17, 15) is 0 Å². The van der Waals surface area contributed by atoms with Crippen LogP contribution in [-0.2, 0) is 11.3 Å². The second-order valence-corrected chi connectivity index (χ2v) is 6.91.